The van der Waals surface area contributed by atoms with Gasteiger partial charge in [-0.1, -0.05) is 18.2 Å². The lowest BCUT2D eigenvalue weighted by Crippen LogP contribution is -2.42. The van der Waals surface area contributed by atoms with Crippen LogP contribution in [0.3, 0.4) is 0 Å². The molecule has 0 aliphatic heterocycles. The van der Waals surface area contributed by atoms with Gasteiger partial charge in [0.15, 0.2) is 5.01 Å². The molecular weight excluding hydrogens is 377 g/mol. The van der Waals surface area contributed by atoms with Crippen LogP contribution in [0.1, 0.15) is 21.1 Å². The van der Waals surface area contributed by atoms with Crippen molar-refractivity contribution in [2.24, 2.45) is 0 Å². The van der Waals surface area contributed by atoms with E-state index in [2.05, 4.69) is 4.98 Å². The van der Waals surface area contributed by atoms with Crippen molar-refractivity contribution in [2.75, 3.05) is 0 Å². The zero-order valence-corrected chi connectivity index (χ0v) is 13.4. The van der Waals surface area contributed by atoms with Crippen molar-refractivity contribution in [3.05, 3.63) is 52.1 Å². The quantitative estimate of drug-likeness (QED) is 0.471. The van der Waals surface area contributed by atoms with Gasteiger partial charge in [-0.3, -0.25) is 9.36 Å². The van der Waals surface area contributed by atoms with Crippen LogP contribution >= 0.6 is 11.3 Å². The Bertz CT molecular complexity index is 1020. The van der Waals surface area contributed by atoms with E-state index >= 15 is 0 Å². The van der Waals surface area contributed by atoms with Crippen LogP contribution < -0.4 is 0 Å². The van der Waals surface area contributed by atoms with Crippen molar-refractivity contribution >= 4 is 34.1 Å². The second-order valence-corrected chi connectivity index (χ2v) is 6.11. The number of aliphatic hydroxyl groups is 2. The zero-order valence-electron chi connectivity index (χ0n) is 12.6. The van der Waals surface area contributed by atoms with E-state index in [0.29, 0.717) is 16.7 Å². The number of carboxylic acid groups (broad SMARTS) is 1. The summed E-state index contributed by atoms with van der Waals surface area (Å²) in [6.07, 6.45) is -5.71. The van der Waals surface area contributed by atoms with E-state index in [9.17, 15) is 38.1 Å². The van der Waals surface area contributed by atoms with Crippen molar-refractivity contribution < 1.29 is 38.1 Å². The molecule has 7 nitrogen and oxygen atoms in total. The Balaban J connectivity index is 2.07. The Morgan fingerprint density at radius 2 is 1.81 bits per heavy atom. The predicted molar refractivity (Wildman–Crippen MR) is 83.1 cm³/mol. The van der Waals surface area contributed by atoms with Gasteiger partial charge in [0.05, 0.1) is 11.1 Å². The van der Waals surface area contributed by atoms with E-state index in [4.69, 9.17) is 0 Å². The van der Waals surface area contributed by atoms with Crippen molar-refractivity contribution in [3.63, 3.8) is 0 Å². The molecule has 0 atom stereocenters. The molecule has 1 aromatic carbocycles. The molecule has 0 amide bonds. The number of carbonyl (C=O) groups excluding carboxylic acids is 1. The number of nitrogens with zero attached hydrogens (tertiary/aromatic N) is 2. The second kappa shape index (κ2) is 5.90. The molecule has 0 saturated carbocycles. The molecule has 136 valence electrons. The Hall–Kier alpha value is -2.76. The van der Waals surface area contributed by atoms with Gasteiger partial charge in [-0.05, 0) is 6.07 Å². The SMILES string of the molecule is O=C(c1nc(C(O)(O)C(F)(F)F)cs1)c1cn(C(=O)O)c2ccccc12. The average molecular weight is 386 g/mol. The summed E-state index contributed by atoms with van der Waals surface area (Å²) in [5.41, 5.74) is -1.01. The Kier molecular flexibility index (Phi) is 4.09. The van der Waals surface area contributed by atoms with Crippen LogP contribution in [0.25, 0.3) is 10.9 Å². The summed E-state index contributed by atoms with van der Waals surface area (Å²) >= 11 is 0.484. The summed E-state index contributed by atoms with van der Waals surface area (Å²) in [4.78, 5) is 27.2. The van der Waals surface area contributed by atoms with Crippen LogP contribution in [0.2, 0.25) is 0 Å². The van der Waals surface area contributed by atoms with E-state index in [1.807, 2.05) is 0 Å². The molecule has 0 aliphatic carbocycles. The number of thiazole rings is 1. The zero-order chi connectivity index (χ0) is 19.3. The molecular formula is C15H9F3N2O5S. The predicted octanol–water partition coefficient (Wildman–Crippen LogP) is 2.55. The third-order valence-electron chi connectivity index (χ3n) is 3.61. The molecule has 3 N–H and O–H groups in total. The summed E-state index contributed by atoms with van der Waals surface area (Å²) in [6, 6.07) is 6.07. The molecule has 0 unspecified atom stereocenters. The lowest BCUT2D eigenvalue weighted by molar-refractivity contribution is -0.359. The van der Waals surface area contributed by atoms with E-state index in [-0.39, 0.29) is 16.5 Å². The summed E-state index contributed by atoms with van der Waals surface area (Å²) < 4.78 is 38.8. The van der Waals surface area contributed by atoms with E-state index < -0.39 is 34.5 Å². The summed E-state index contributed by atoms with van der Waals surface area (Å²) in [7, 11) is 0. The van der Waals surface area contributed by atoms with Crippen molar-refractivity contribution in [2.45, 2.75) is 12.0 Å². The van der Waals surface area contributed by atoms with Crippen LogP contribution in [-0.2, 0) is 5.79 Å². The van der Waals surface area contributed by atoms with Gasteiger partial charge in [-0.25, -0.2) is 9.78 Å². The Morgan fingerprint density at radius 3 is 2.42 bits per heavy atom. The lowest BCUT2D eigenvalue weighted by Gasteiger charge is -2.22. The number of halogens is 3. The Morgan fingerprint density at radius 1 is 1.15 bits per heavy atom. The van der Waals surface area contributed by atoms with Crippen LogP contribution in [0.5, 0.6) is 0 Å². The molecule has 0 fully saturated rings. The fourth-order valence-electron chi connectivity index (χ4n) is 2.32. The normalized spacial score (nSPS) is 12.5. The minimum atomic E-state index is -5.40. The first-order valence-electron chi connectivity index (χ1n) is 6.89. The molecule has 3 rings (SSSR count). The van der Waals surface area contributed by atoms with Crippen molar-refractivity contribution in [1.82, 2.24) is 9.55 Å². The smallest absolute Gasteiger partial charge is 0.449 e. The summed E-state index contributed by atoms with van der Waals surface area (Å²) in [6.45, 7) is 0. The number of hydrogen-bond donors (Lipinski definition) is 3. The van der Waals surface area contributed by atoms with E-state index in [1.165, 1.54) is 12.1 Å². The molecule has 2 heterocycles. The highest BCUT2D eigenvalue weighted by Gasteiger charge is 2.56. The minimum Gasteiger partial charge on any atom is -0.464 e. The maximum absolute atomic E-state index is 12.7. The number of ketones is 1. The van der Waals surface area contributed by atoms with Crippen molar-refractivity contribution in [3.8, 4) is 0 Å². The number of para-hydroxylation sites is 1. The first-order valence-corrected chi connectivity index (χ1v) is 7.77. The first kappa shape index (κ1) is 18.0. The number of aromatic nitrogens is 2. The minimum absolute atomic E-state index is 0.0858. The third kappa shape index (κ3) is 2.75. The highest BCUT2D eigenvalue weighted by molar-refractivity contribution is 7.12. The first-order chi connectivity index (χ1) is 12.0. The molecule has 0 radical (unpaired) electrons. The number of benzene rings is 1. The van der Waals surface area contributed by atoms with Crippen LogP contribution in [0.4, 0.5) is 18.0 Å². The molecule has 2 aromatic heterocycles. The highest BCUT2D eigenvalue weighted by Crippen LogP contribution is 2.37. The molecule has 0 saturated heterocycles. The average Bonchev–Trinajstić information content (AvgIpc) is 3.19. The van der Waals surface area contributed by atoms with E-state index in [0.717, 1.165) is 10.8 Å². The van der Waals surface area contributed by atoms with Gasteiger partial charge in [-0.2, -0.15) is 13.2 Å². The maximum Gasteiger partial charge on any atom is 0.449 e. The largest absolute Gasteiger partial charge is 0.464 e. The number of rotatable bonds is 3. The van der Waals surface area contributed by atoms with Gasteiger partial charge in [0.2, 0.25) is 5.78 Å². The number of carbonyl (C=O) groups is 2. The van der Waals surface area contributed by atoms with E-state index in [1.54, 1.807) is 12.1 Å². The molecule has 0 aliphatic rings. The Labute approximate surface area is 146 Å². The summed E-state index contributed by atoms with van der Waals surface area (Å²) in [5.74, 6) is -5.03. The standard InChI is InChI=1S/C15H9F3N2O5S/c16-15(17,18)14(24,25)10-6-26-12(19-10)11(21)8-5-20(13(22)23)9-4-2-1-3-7(8)9/h1-6,24-25H,(H,22,23). The number of alkyl halides is 3. The highest BCUT2D eigenvalue weighted by atomic mass is 32.1. The fourth-order valence-corrected chi connectivity index (χ4v) is 3.13. The van der Waals surface area contributed by atoms with Gasteiger partial charge < -0.3 is 15.3 Å². The lowest BCUT2D eigenvalue weighted by atomic mass is 10.1. The van der Waals surface area contributed by atoms with Crippen LogP contribution in [0.15, 0.2) is 35.8 Å². The van der Waals surface area contributed by atoms with Gasteiger partial charge in [0.25, 0.3) is 0 Å². The second-order valence-electron chi connectivity index (χ2n) is 5.25. The van der Waals surface area contributed by atoms with Gasteiger partial charge in [-0.15, -0.1) is 11.3 Å². The number of fused-ring (bicyclic) bond motifs is 1. The summed E-state index contributed by atoms with van der Waals surface area (Å²) in [5, 5.41) is 28.2. The molecule has 26 heavy (non-hydrogen) atoms. The molecule has 0 bridgehead atoms. The third-order valence-corrected chi connectivity index (χ3v) is 4.45. The molecule has 11 heteroatoms. The number of hydrogen-bond acceptors (Lipinski definition) is 6. The van der Waals surface area contributed by atoms with Crippen molar-refractivity contribution in [1.29, 1.82) is 0 Å². The van der Waals surface area contributed by atoms with Gasteiger partial charge >= 0.3 is 18.1 Å². The van der Waals surface area contributed by atoms with Gasteiger partial charge in [0, 0.05) is 17.0 Å². The maximum atomic E-state index is 12.7. The van der Waals surface area contributed by atoms with Crippen LogP contribution in [0, 0.1) is 0 Å². The fraction of sp³-hybridized carbons (Fsp3) is 0.133. The monoisotopic (exact) mass is 386 g/mol. The van der Waals surface area contributed by atoms with Gasteiger partial charge in [0.1, 0.15) is 5.69 Å². The topological polar surface area (TPSA) is 113 Å². The molecule has 3 aromatic rings. The van der Waals surface area contributed by atoms with Crippen LogP contribution in [-0.4, -0.2) is 42.9 Å². The molecule has 0 spiro atoms.